The molecular formula is C17H22N4O3. The number of amides is 1. The van der Waals surface area contributed by atoms with Crippen LogP contribution in [-0.4, -0.2) is 40.5 Å². The molecule has 1 fully saturated rings. The molecule has 2 aromatic rings. The van der Waals surface area contributed by atoms with Crippen molar-refractivity contribution in [3.05, 3.63) is 34.5 Å². The monoisotopic (exact) mass is 330 g/mol. The van der Waals surface area contributed by atoms with E-state index in [0.717, 1.165) is 48.4 Å². The van der Waals surface area contributed by atoms with E-state index >= 15 is 0 Å². The third kappa shape index (κ3) is 2.96. The van der Waals surface area contributed by atoms with Gasteiger partial charge in [0.2, 0.25) is 0 Å². The minimum Gasteiger partial charge on any atom is -0.379 e. The molecule has 2 atom stereocenters. The van der Waals surface area contributed by atoms with Crippen LogP contribution in [0.25, 0.3) is 0 Å². The number of H-pyrrole nitrogens is 1. The van der Waals surface area contributed by atoms with E-state index in [0.29, 0.717) is 25.3 Å². The highest BCUT2D eigenvalue weighted by Gasteiger charge is 2.32. The van der Waals surface area contributed by atoms with Crippen LogP contribution in [0.15, 0.2) is 10.6 Å². The fourth-order valence-corrected chi connectivity index (χ4v) is 3.64. The first-order valence-electron chi connectivity index (χ1n) is 8.57. The first-order valence-corrected chi connectivity index (χ1v) is 8.57. The number of nitrogens with zero attached hydrogens (tertiary/aromatic N) is 2. The molecule has 2 aromatic heterocycles. The highest BCUT2D eigenvalue weighted by molar-refractivity contribution is 5.94. The molecule has 24 heavy (non-hydrogen) atoms. The van der Waals surface area contributed by atoms with Crippen LogP contribution < -0.4 is 5.32 Å². The second-order valence-corrected chi connectivity index (χ2v) is 6.75. The smallest absolute Gasteiger partial charge is 0.272 e. The van der Waals surface area contributed by atoms with Gasteiger partial charge in [-0.1, -0.05) is 5.16 Å². The molecule has 1 aliphatic carbocycles. The molecule has 1 saturated heterocycles. The summed E-state index contributed by atoms with van der Waals surface area (Å²) in [6, 6.07) is 1.90. The summed E-state index contributed by atoms with van der Waals surface area (Å²) in [5, 5.41) is 14.3. The standard InChI is InChI=1S/C17H22N4O3/c1-10-6-12(24-21-10)7-11-8-23-9-15(11)18-17(22)16-13-4-2-3-5-14(13)19-20-16/h6,11,15H,2-5,7-9H2,1H3,(H,18,22)(H,19,20)/t11-,15+/m1/s1. The number of aryl methyl sites for hydroxylation is 2. The molecule has 2 N–H and O–H groups in total. The highest BCUT2D eigenvalue weighted by Crippen LogP contribution is 2.24. The predicted octanol–water partition coefficient (Wildman–Crippen LogP) is 1.57. The molecule has 0 saturated carbocycles. The molecule has 1 aliphatic heterocycles. The molecular weight excluding hydrogens is 308 g/mol. The molecule has 3 heterocycles. The Morgan fingerprint density at radius 2 is 2.25 bits per heavy atom. The summed E-state index contributed by atoms with van der Waals surface area (Å²) in [7, 11) is 0. The van der Waals surface area contributed by atoms with Crippen LogP contribution in [0.5, 0.6) is 0 Å². The second-order valence-electron chi connectivity index (χ2n) is 6.75. The molecule has 7 heteroatoms. The van der Waals surface area contributed by atoms with Crippen LogP contribution in [0, 0.1) is 12.8 Å². The van der Waals surface area contributed by atoms with Crippen molar-refractivity contribution in [2.45, 2.75) is 45.1 Å². The number of aromatic amines is 1. The molecule has 0 unspecified atom stereocenters. The van der Waals surface area contributed by atoms with Crippen LogP contribution in [-0.2, 0) is 24.0 Å². The summed E-state index contributed by atoms with van der Waals surface area (Å²) < 4.78 is 10.9. The number of carbonyl (C=O) groups is 1. The van der Waals surface area contributed by atoms with Crippen LogP contribution >= 0.6 is 0 Å². The fraction of sp³-hybridized carbons (Fsp3) is 0.588. The Hall–Kier alpha value is -2.15. The number of carbonyl (C=O) groups excluding carboxylic acids is 1. The van der Waals surface area contributed by atoms with Crippen molar-refractivity contribution in [1.82, 2.24) is 20.7 Å². The number of rotatable bonds is 4. The van der Waals surface area contributed by atoms with Crippen LogP contribution in [0.2, 0.25) is 0 Å². The summed E-state index contributed by atoms with van der Waals surface area (Å²) in [4.78, 5) is 12.7. The summed E-state index contributed by atoms with van der Waals surface area (Å²) >= 11 is 0. The third-order valence-corrected chi connectivity index (χ3v) is 4.93. The first-order chi connectivity index (χ1) is 11.7. The minimum atomic E-state index is -0.108. The third-order valence-electron chi connectivity index (χ3n) is 4.93. The van der Waals surface area contributed by atoms with Crippen molar-refractivity contribution < 1.29 is 14.1 Å². The van der Waals surface area contributed by atoms with Gasteiger partial charge < -0.3 is 14.6 Å². The predicted molar refractivity (Wildman–Crippen MR) is 85.7 cm³/mol. The Labute approximate surface area is 140 Å². The Bertz CT molecular complexity index is 736. The van der Waals surface area contributed by atoms with E-state index in [4.69, 9.17) is 9.26 Å². The lowest BCUT2D eigenvalue weighted by molar-refractivity contribution is 0.0918. The van der Waals surface area contributed by atoms with Gasteiger partial charge in [0.15, 0.2) is 5.69 Å². The number of ether oxygens (including phenoxy) is 1. The highest BCUT2D eigenvalue weighted by atomic mass is 16.5. The number of nitrogens with one attached hydrogen (secondary N) is 2. The average Bonchev–Trinajstić information content (AvgIpc) is 3.28. The van der Waals surface area contributed by atoms with E-state index < -0.39 is 0 Å². The van der Waals surface area contributed by atoms with Gasteiger partial charge in [0.05, 0.1) is 24.9 Å². The van der Waals surface area contributed by atoms with E-state index in [2.05, 4.69) is 20.7 Å². The number of fused-ring (bicyclic) bond motifs is 1. The zero-order valence-corrected chi connectivity index (χ0v) is 13.8. The van der Waals surface area contributed by atoms with Gasteiger partial charge in [-0.05, 0) is 32.6 Å². The van der Waals surface area contributed by atoms with E-state index in [9.17, 15) is 4.79 Å². The summed E-state index contributed by atoms with van der Waals surface area (Å²) in [6.45, 7) is 3.04. The molecule has 0 spiro atoms. The molecule has 2 aliphatic rings. The number of hydrogen-bond donors (Lipinski definition) is 2. The Morgan fingerprint density at radius 1 is 1.38 bits per heavy atom. The van der Waals surface area contributed by atoms with Gasteiger partial charge in [-0.25, -0.2) is 0 Å². The number of hydrogen-bond acceptors (Lipinski definition) is 5. The Kier molecular flexibility index (Phi) is 4.10. The lowest BCUT2D eigenvalue weighted by Gasteiger charge is -2.18. The summed E-state index contributed by atoms with van der Waals surface area (Å²) in [6.07, 6.45) is 4.90. The van der Waals surface area contributed by atoms with Crippen molar-refractivity contribution in [1.29, 1.82) is 0 Å². The van der Waals surface area contributed by atoms with Crippen molar-refractivity contribution in [3.8, 4) is 0 Å². The van der Waals surface area contributed by atoms with Gasteiger partial charge in [-0.2, -0.15) is 5.10 Å². The van der Waals surface area contributed by atoms with Gasteiger partial charge >= 0.3 is 0 Å². The van der Waals surface area contributed by atoms with E-state index in [1.165, 1.54) is 0 Å². The van der Waals surface area contributed by atoms with Gasteiger partial charge in [0, 0.05) is 29.7 Å². The maximum Gasteiger partial charge on any atom is 0.272 e. The topological polar surface area (TPSA) is 93.0 Å². The van der Waals surface area contributed by atoms with Gasteiger partial charge in [-0.15, -0.1) is 0 Å². The van der Waals surface area contributed by atoms with Crippen LogP contribution in [0.3, 0.4) is 0 Å². The number of aromatic nitrogens is 3. The summed E-state index contributed by atoms with van der Waals surface area (Å²) in [5.41, 5.74) is 3.61. The van der Waals surface area contributed by atoms with E-state index in [1.54, 1.807) is 0 Å². The normalized spacial score (nSPS) is 23.2. The Balaban J connectivity index is 1.44. The zero-order chi connectivity index (χ0) is 16.5. The Morgan fingerprint density at radius 3 is 3.08 bits per heavy atom. The molecule has 7 nitrogen and oxygen atoms in total. The first kappa shape index (κ1) is 15.4. The molecule has 1 amide bonds. The largest absolute Gasteiger partial charge is 0.379 e. The molecule has 0 bridgehead atoms. The van der Waals surface area contributed by atoms with E-state index in [-0.39, 0.29) is 17.9 Å². The molecule has 128 valence electrons. The van der Waals surface area contributed by atoms with Crippen molar-refractivity contribution in [3.63, 3.8) is 0 Å². The summed E-state index contributed by atoms with van der Waals surface area (Å²) in [5.74, 6) is 0.916. The van der Waals surface area contributed by atoms with Crippen molar-refractivity contribution in [2.24, 2.45) is 5.92 Å². The molecule has 4 rings (SSSR count). The van der Waals surface area contributed by atoms with E-state index in [1.807, 2.05) is 13.0 Å². The van der Waals surface area contributed by atoms with Crippen molar-refractivity contribution in [2.75, 3.05) is 13.2 Å². The fourth-order valence-electron chi connectivity index (χ4n) is 3.64. The minimum absolute atomic E-state index is 0.0288. The second kappa shape index (κ2) is 6.39. The zero-order valence-electron chi connectivity index (χ0n) is 13.8. The SMILES string of the molecule is Cc1cc(C[C@@H]2COC[C@@H]2NC(=O)c2n[nH]c3c2CCCC3)on1. The van der Waals surface area contributed by atoms with Gasteiger partial charge in [0.25, 0.3) is 5.91 Å². The van der Waals surface area contributed by atoms with Crippen LogP contribution in [0.1, 0.15) is 46.0 Å². The van der Waals surface area contributed by atoms with Crippen LogP contribution in [0.4, 0.5) is 0 Å². The molecule has 0 aromatic carbocycles. The lowest BCUT2D eigenvalue weighted by atomic mass is 9.95. The lowest BCUT2D eigenvalue weighted by Crippen LogP contribution is -2.41. The quantitative estimate of drug-likeness (QED) is 0.888. The van der Waals surface area contributed by atoms with Gasteiger partial charge in [0.1, 0.15) is 5.76 Å². The maximum atomic E-state index is 12.7. The maximum absolute atomic E-state index is 12.7. The van der Waals surface area contributed by atoms with Crippen molar-refractivity contribution >= 4 is 5.91 Å². The average molecular weight is 330 g/mol. The van der Waals surface area contributed by atoms with Gasteiger partial charge in [-0.3, -0.25) is 9.89 Å². The molecule has 0 radical (unpaired) electrons.